The molecule has 2 N–H and O–H groups in total. The summed E-state index contributed by atoms with van der Waals surface area (Å²) in [6, 6.07) is 13.1. The summed E-state index contributed by atoms with van der Waals surface area (Å²) in [7, 11) is 1.76. The maximum Gasteiger partial charge on any atom is 0.245 e. The first kappa shape index (κ1) is 18.6. The minimum absolute atomic E-state index is 0.105. The third-order valence-electron chi connectivity index (χ3n) is 4.58. The van der Waals surface area contributed by atoms with Gasteiger partial charge in [-0.15, -0.1) is 0 Å². The van der Waals surface area contributed by atoms with Gasteiger partial charge in [-0.3, -0.25) is 14.6 Å². The van der Waals surface area contributed by atoms with Crippen molar-refractivity contribution in [2.24, 2.45) is 0 Å². The van der Waals surface area contributed by atoms with E-state index >= 15 is 0 Å². The second-order valence-electron chi connectivity index (χ2n) is 6.65. The number of fused-ring (bicyclic) bond motifs is 1. The summed E-state index contributed by atoms with van der Waals surface area (Å²) in [4.78, 5) is 33.8. The highest BCUT2D eigenvalue weighted by molar-refractivity contribution is 5.89. The van der Waals surface area contributed by atoms with Crippen molar-refractivity contribution in [2.45, 2.75) is 25.8 Å². The number of nitrogens with one attached hydrogen (secondary N) is 2. The number of likely N-dealkylation sites (N-methyl/N-ethyl adjacent to an activating group) is 1. The maximum absolute atomic E-state index is 12.9. The lowest BCUT2D eigenvalue weighted by atomic mass is 10.0. The Balaban J connectivity index is 1.71. The van der Waals surface area contributed by atoms with E-state index in [4.69, 9.17) is 0 Å². The largest absolute Gasteiger partial charge is 0.361 e. The fourth-order valence-corrected chi connectivity index (χ4v) is 3.17. The van der Waals surface area contributed by atoms with Crippen molar-refractivity contribution in [3.8, 4) is 0 Å². The van der Waals surface area contributed by atoms with Crippen LogP contribution in [0.2, 0.25) is 0 Å². The molecule has 0 aliphatic rings. The standard InChI is InChI=1S/C21H24N4O2/c1-15(26)24-20(13-16-14-23-19-9-4-3-8-18(16)19)21(27)25(2)12-10-17-7-5-6-11-22-17/h3-9,11,14,20,23H,10,12-13H2,1-2H3,(H,24,26). The van der Waals surface area contributed by atoms with E-state index in [-0.39, 0.29) is 11.8 Å². The molecule has 2 aromatic heterocycles. The molecule has 0 aliphatic carbocycles. The van der Waals surface area contributed by atoms with Crippen molar-refractivity contribution in [3.05, 3.63) is 66.1 Å². The van der Waals surface area contributed by atoms with Gasteiger partial charge in [0.15, 0.2) is 0 Å². The quantitative estimate of drug-likeness (QED) is 0.675. The normalized spacial score (nSPS) is 11.9. The van der Waals surface area contributed by atoms with E-state index in [0.29, 0.717) is 19.4 Å². The molecule has 3 aromatic rings. The summed E-state index contributed by atoms with van der Waals surface area (Å²) in [6.45, 7) is 1.98. The first-order chi connectivity index (χ1) is 13.0. The number of aromatic nitrogens is 2. The zero-order chi connectivity index (χ0) is 19.2. The Bertz CT molecular complexity index is 920. The zero-order valence-corrected chi connectivity index (χ0v) is 15.6. The van der Waals surface area contributed by atoms with Gasteiger partial charge in [0.25, 0.3) is 0 Å². The lowest BCUT2D eigenvalue weighted by molar-refractivity contribution is -0.134. The van der Waals surface area contributed by atoms with Crippen LogP contribution in [0.5, 0.6) is 0 Å². The number of benzene rings is 1. The van der Waals surface area contributed by atoms with Crippen LogP contribution in [-0.4, -0.2) is 46.3 Å². The topological polar surface area (TPSA) is 78.1 Å². The van der Waals surface area contributed by atoms with Gasteiger partial charge in [-0.1, -0.05) is 24.3 Å². The highest BCUT2D eigenvalue weighted by Crippen LogP contribution is 2.19. The van der Waals surface area contributed by atoms with E-state index in [9.17, 15) is 9.59 Å². The Kier molecular flexibility index (Phi) is 5.86. The number of H-pyrrole nitrogens is 1. The summed E-state index contributed by atoms with van der Waals surface area (Å²) in [5.41, 5.74) is 2.96. The molecular formula is C21H24N4O2. The van der Waals surface area contributed by atoms with Crippen LogP contribution >= 0.6 is 0 Å². The fraction of sp³-hybridized carbons (Fsp3) is 0.286. The van der Waals surface area contributed by atoms with Gasteiger partial charge in [0.2, 0.25) is 11.8 Å². The number of carbonyl (C=O) groups is 2. The van der Waals surface area contributed by atoms with Crippen LogP contribution in [0.25, 0.3) is 10.9 Å². The van der Waals surface area contributed by atoms with Crippen LogP contribution < -0.4 is 5.32 Å². The highest BCUT2D eigenvalue weighted by atomic mass is 16.2. The van der Waals surface area contributed by atoms with E-state index in [1.54, 1.807) is 18.1 Å². The van der Waals surface area contributed by atoms with Gasteiger partial charge in [0.1, 0.15) is 6.04 Å². The van der Waals surface area contributed by atoms with E-state index < -0.39 is 6.04 Å². The summed E-state index contributed by atoms with van der Waals surface area (Å²) < 4.78 is 0. The molecule has 0 radical (unpaired) electrons. The zero-order valence-electron chi connectivity index (χ0n) is 15.6. The molecule has 6 heteroatoms. The molecule has 0 bridgehead atoms. The number of pyridine rings is 1. The number of nitrogens with zero attached hydrogens (tertiary/aromatic N) is 2. The smallest absolute Gasteiger partial charge is 0.245 e. The van der Waals surface area contributed by atoms with Crippen molar-refractivity contribution in [1.29, 1.82) is 0 Å². The average Bonchev–Trinajstić information content (AvgIpc) is 3.08. The Hall–Kier alpha value is -3.15. The number of para-hydroxylation sites is 1. The molecule has 0 aliphatic heterocycles. The van der Waals surface area contributed by atoms with Gasteiger partial charge in [-0.05, 0) is 23.8 Å². The molecular weight excluding hydrogens is 340 g/mol. The molecule has 0 fully saturated rings. The number of amides is 2. The van der Waals surface area contributed by atoms with Gasteiger partial charge >= 0.3 is 0 Å². The average molecular weight is 364 g/mol. The van der Waals surface area contributed by atoms with Crippen LogP contribution in [0.4, 0.5) is 0 Å². The molecule has 140 valence electrons. The van der Waals surface area contributed by atoms with E-state index in [1.807, 2.05) is 48.7 Å². The predicted molar refractivity (Wildman–Crippen MR) is 105 cm³/mol. The number of aromatic amines is 1. The van der Waals surface area contributed by atoms with Crippen molar-refractivity contribution >= 4 is 22.7 Å². The van der Waals surface area contributed by atoms with Gasteiger partial charge in [0, 0.05) is 62.3 Å². The van der Waals surface area contributed by atoms with Gasteiger partial charge in [0.05, 0.1) is 0 Å². The Labute approximate surface area is 158 Å². The molecule has 6 nitrogen and oxygen atoms in total. The third-order valence-corrected chi connectivity index (χ3v) is 4.58. The molecule has 0 saturated heterocycles. The second-order valence-corrected chi connectivity index (χ2v) is 6.65. The molecule has 0 spiro atoms. The molecule has 1 aromatic carbocycles. The lowest BCUT2D eigenvalue weighted by Gasteiger charge is -2.24. The minimum Gasteiger partial charge on any atom is -0.361 e. The van der Waals surface area contributed by atoms with Gasteiger partial charge in [-0.25, -0.2) is 0 Å². The predicted octanol–water partition coefficient (Wildman–Crippen LogP) is 2.31. The maximum atomic E-state index is 12.9. The van der Waals surface area contributed by atoms with Crippen LogP contribution in [0, 0.1) is 0 Å². The third kappa shape index (κ3) is 4.73. The Morgan fingerprint density at radius 1 is 1.19 bits per heavy atom. The van der Waals surface area contributed by atoms with Crippen molar-refractivity contribution in [1.82, 2.24) is 20.2 Å². The van der Waals surface area contributed by atoms with Crippen molar-refractivity contribution < 1.29 is 9.59 Å². The summed E-state index contributed by atoms with van der Waals surface area (Å²) >= 11 is 0. The van der Waals surface area contributed by atoms with Crippen LogP contribution in [-0.2, 0) is 22.4 Å². The Morgan fingerprint density at radius 2 is 1.96 bits per heavy atom. The molecule has 1 unspecified atom stereocenters. The number of carbonyl (C=O) groups excluding carboxylic acids is 2. The molecule has 1 atom stereocenters. The monoisotopic (exact) mass is 364 g/mol. The summed E-state index contributed by atoms with van der Waals surface area (Å²) in [5.74, 6) is -0.322. The van der Waals surface area contributed by atoms with E-state index in [1.165, 1.54) is 6.92 Å². The SMILES string of the molecule is CC(=O)NC(Cc1c[nH]c2ccccc12)C(=O)N(C)CCc1ccccn1. The number of hydrogen-bond donors (Lipinski definition) is 2. The van der Waals surface area contributed by atoms with Crippen LogP contribution in [0.3, 0.4) is 0 Å². The number of rotatable bonds is 7. The molecule has 0 saturated carbocycles. The molecule has 3 rings (SSSR count). The Morgan fingerprint density at radius 3 is 2.70 bits per heavy atom. The second kappa shape index (κ2) is 8.49. The van der Waals surface area contributed by atoms with E-state index in [2.05, 4.69) is 15.3 Å². The minimum atomic E-state index is -0.601. The fourth-order valence-electron chi connectivity index (χ4n) is 3.17. The first-order valence-corrected chi connectivity index (χ1v) is 9.01. The van der Waals surface area contributed by atoms with Crippen molar-refractivity contribution in [2.75, 3.05) is 13.6 Å². The van der Waals surface area contributed by atoms with Gasteiger partial charge in [-0.2, -0.15) is 0 Å². The van der Waals surface area contributed by atoms with Crippen LogP contribution in [0.15, 0.2) is 54.9 Å². The van der Waals surface area contributed by atoms with E-state index in [0.717, 1.165) is 22.2 Å². The summed E-state index contributed by atoms with van der Waals surface area (Å²) in [5, 5.41) is 3.87. The summed E-state index contributed by atoms with van der Waals surface area (Å²) in [6.07, 6.45) is 4.76. The number of hydrogen-bond acceptors (Lipinski definition) is 3. The van der Waals surface area contributed by atoms with Gasteiger partial charge < -0.3 is 15.2 Å². The first-order valence-electron chi connectivity index (χ1n) is 9.01. The lowest BCUT2D eigenvalue weighted by Crippen LogP contribution is -2.48. The highest BCUT2D eigenvalue weighted by Gasteiger charge is 2.24. The molecule has 2 heterocycles. The van der Waals surface area contributed by atoms with Crippen molar-refractivity contribution in [3.63, 3.8) is 0 Å². The molecule has 27 heavy (non-hydrogen) atoms. The van der Waals surface area contributed by atoms with Crippen LogP contribution in [0.1, 0.15) is 18.2 Å². The molecule has 2 amide bonds.